The molecule has 0 heterocycles. The van der Waals surface area contributed by atoms with Crippen LogP contribution in [0.15, 0.2) is 18.2 Å². The van der Waals surface area contributed by atoms with Crippen LogP contribution in [0.5, 0.6) is 0 Å². The van der Waals surface area contributed by atoms with Crippen LogP contribution in [0.1, 0.15) is 11.1 Å². The third kappa shape index (κ3) is 4.45. The standard InChI is InChI=1S/C11H10ClF6NO/c12-4-7(20)5-19-9-2-1-6(10(13,14)15)3-8(9)11(16,17)18/h1-3,7,19-20H,4-5H2. The van der Waals surface area contributed by atoms with E-state index in [1.54, 1.807) is 0 Å². The summed E-state index contributed by atoms with van der Waals surface area (Å²) in [6, 6.07) is 1.23. The lowest BCUT2D eigenvalue weighted by molar-refractivity contribution is -0.142. The Hall–Kier alpha value is -1.15. The summed E-state index contributed by atoms with van der Waals surface area (Å²) in [5.41, 5.74) is -3.39. The third-order valence-corrected chi connectivity index (χ3v) is 2.71. The Bertz CT molecular complexity index is 459. The molecule has 20 heavy (non-hydrogen) atoms. The zero-order chi connectivity index (χ0) is 15.6. The maximum atomic E-state index is 12.7. The quantitative estimate of drug-likeness (QED) is 0.654. The van der Waals surface area contributed by atoms with Crippen molar-refractivity contribution in [2.45, 2.75) is 18.5 Å². The van der Waals surface area contributed by atoms with E-state index in [4.69, 9.17) is 16.7 Å². The van der Waals surface area contributed by atoms with Gasteiger partial charge in [0.05, 0.1) is 23.1 Å². The van der Waals surface area contributed by atoms with E-state index in [1.807, 2.05) is 0 Å². The summed E-state index contributed by atoms with van der Waals surface area (Å²) < 4.78 is 75.4. The average Bonchev–Trinajstić information content (AvgIpc) is 2.33. The molecule has 0 bridgehead atoms. The second-order valence-electron chi connectivity index (χ2n) is 3.94. The molecule has 114 valence electrons. The maximum Gasteiger partial charge on any atom is 0.418 e. The highest BCUT2D eigenvalue weighted by atomic mass is 35.5. The largest absolute Gasteiger partial charge is 0.418 e. The molecule has 0 aliphatic carbocycles. The molecule has 0 aromatic heterocycles. The molecule has 0 amide bonds. The van der Waals surface area contributed by atoms with Crippen LogP contribution in [0.25, 0.3) is 0 Å². The first-order valence-corrected chi connectivity index (χ1v) is 5.85. The zero-order valence-corrected chi connectivity index (χ0v) is 10.6. The van der Waals surface area contributed by atoms with E-state index in [-0.39, 0.29) is 18.5 Å². The fourth-order valence-corrected chi connectivity index (χ4v) is 1.50. The molecule has 0 saturated carbocycles. The Kier molecular flexibility index (Phi) is 5.15. The first kappa shape index (κ1) is 16.9. The molecule has 9 heteroatoms. The van der Waals surface area contributed by atoms with E-state index in [9.17, 15) is 26.3 Å². The summed E-state index contributed by atoms with van der Waals surface area (Å²) in [6.07, 6.45) is -10.9. The molecule has 0 fully saturated rings. The molecule has 0 aliphatic rings. The van der Waals surface area contributed by atoms with Gasteiger partial charge < -0.3 is 10.4 Å². The molecule has 0 saturated heterocycles. The minimum absolute atomic E-state index is 0.0232. The monoisotopic (exact) mass is 321 g/mol. The summed E-state index contributed by atoms with van der Waals surface area (Å²) in [6.45, 7) is -0.308. The summed E-state index contributed by atoms with van der Waals surface area (Å²) in [7, 11) is 0. The van der Waals surface area contributed by atoms with Gasteiger partial charge in [-0.15, -0.1) is 11.6 Å². The lowest BCUT2D eigenvalue weighted by Gasteiger charge is -2.18. The second kappa shape index (κ2) is 6.09. The maximum absolute atomic E-state index is 12.7. The third-order valence-electron chi connectivity index (χ3n) is 2.36. The SMILES string of the molecule is OC(CCl)CNc1ccc(C(F)(F)F)cc1C(F)(F)F. The number of nitrogens with one attached hydrogen (secondary N) is 1. The van der Waals surface area contributed by atoms with Crippen molar-refractivity contribution in [3.63, 3.8) is 0 Å². The lowest BCUT2D eigenvalue weighted by atomic mass is 10.1. The molecular formula is C11H10ClF6NO. The van der Waals surface area contributed by atoms with Gasteiger partial charge in [-0.25, -0.2) is 0 Å². The van der Waals surface area contributed by atoms with Crippen molar-refractivity contribution in [2.24, 2.45) is 0 Å². The van der Waals surface area contributed by atoms with E-state index in [0.717, 1.165) is 0 Å². The van der Waals surface area contributed by atoms with Crippen LogP contribution in [0.4, 0.5) is 32.0 Å². The van der Waals surface area contributed by atoms with Gasteiger partial charge in [0.2, 0.25) is 0 Å². The number of hydrogen-bond donors (Lipinski definition) is 2. The molecule has 0 spiro atoms. The van der Waals surface area contributed by atoms with E-state index >= 15 is 0 Å². The normalized spacial score (nSPS) is 14.2. The number of alkyl halides is 7. The molecule has 1 atom stereocenters. The van der Waals surface area contributed by atoms with Crippen molar-refractivity contribution >= 4 is 17.3 Å². The van der Waals surface area contributed by atoms with Gasteiger partial charge in [0, 0.05) is 12.2 Å². The summed E-state index contributed by atoms with van der Waals surface area (Å²) in [5, 5.41) is 11.4. The van der Waals surface area contributed by atoms with Crippen LogP contribution in [0.2, 0.25) is 0 Å². The summed E-state index contributed by atoms with van der Waals surface area (Å²) in [5.74, 6) is -0.213. The van der Waals surface area contributed by atoms with Crippen LogP contribution in [-0.4, -0.2) is 23.6 Å². The number of aliphatic hydroxyl groups is 1. The minimum atomic E-state index is -4.95. The van der Waals surface area contributed by atoms with Crippen molar-refractivity contribution in [3.8, 4) is 0 Å². The van der Waals surface area contributed by atoms with Crippen molar-refractivity contribution in [3.05, 3.63) is 29.3 Å². The Labute approximate surface area is 115 Å². The van der Waals surface area contributed by atoms with Crippen LogP contribution in [-0.2, 0) is 12.4 Å². The van der Waals surface area contributed by atoms with Crippen LogP contribution in [0.3, 0.4) is 0 Å². The first-order chi connectivity index (χ1) is 9.05. The lowest BCUT2D eigenvalue weighted by Crippen LogP contribution is -2.22. The highest BCUT2D eigenvalue weighted by molar-refractivity contribution is 6.18. The number of anilines is 1. The smallest absolute Gasteiger partial charge is 0.390 e. The Balaban J connectivity index is 3.12. The number of benzene rings is 1. The van der Waals surface area contributed by atoms with Crippen LogP contribution >= 0.6 is 11.6 Å². The summed E-state index contributed by atoms with van der Waals surface area (Å²) in [4.78, 5) is 0. The van der Waals surface area contributed by atoms with Crippen molar-refractivity contribution in [1.29, 1.82) is 0 Å². The van der Waals surface area contributed by atoms with Gasteiger partial charge in [0.15, 0.2) is 0 Å². The van der Waals surface area contributed by atoms with Crippen molar-refractivity contribution in [1.82, 2.24) is 0 Å². The number of aliphatic hydroxyl groups excluding tert-OH is 1. The molecule has 1 rings (SSSR count). The molecule has 0 radical (unpaired) electrons. The van der Waals surface area contributed by atoms with Crippen LogP contribution < -0.4 is 5.32 Å². The van der Waals surface area contributed by atoms with Gasteiger partial charge in [0.25, 0.3) is 0 Å². The average molecular weight is 322 g/mol. The van der Waals surface area contributed by atoms with E-state index in [0.29, 0.717) is 12.1 Å². The molecule has 1 aromatic carbocycles. The number of hydrogen-bond acceptors (Lipinski definition) is 2. The molecule has 2 nitrogen and oxygen atoms in total. The number of rotatable bonds is 4. The predicted molar refractivity (Wildman–Crippen MR) is 61.7 cm³/mol. The molecule has 2 N–H and O–H groups in total. The van der Waals surface area contributed by atoms with Gasteiger partial charge >= 0.3 is 12.4 Å². The molecule has 1 unspecified atom stereocenters. The van der Waals surface area contributed by atoms with Gasteiger partial charge in [-0.05, 0) is 18.2 Å². The fraction of sp³-hybridized carbons (Fsp3) is 0.455. The fourth-order valence-electron chi connectivity index (χ4n) is 1.39. The first-order valence-electron chi connectivity index (χ1n) is 5.32. The highest BCUT2D eigenvalue weighted by Crippen LogP contribution is 2.39. The molecular weight excluding hydrogens is 312 g/mol. The van der Waals surface area contributed by atoms with Crippen molar-refractivity contribution in [2.75, 3.05) is 17.7 Å². The second-order valence-corrected chi connectivity index (χ2v) is 4.25. The molecule has 1 aromatic rings. The highest BCUT2D eigenvalue weighted by Gasteiger charge is 2.38. The van der Waals surface area contributed by atoms with E-state index in [1.165, 1.54) is 0 Å². The van der Waals surface area contributed by atoms with E-state index in [2.05, 4.69) is 5.32 Å². The Morgan fingerprint density at radius 2 is 1.70 bits per heavy atom. The Morgan fingerprint density at radius 3 is 2.15 bits per heavy atom. The van der Waals surface area contributed by atoms with E-state index < -0.39 is 35.3 Å². The van der Waals surface area contributed by atoms with Crippen LogP contribution in [0, 0.1) is 0 Å². The topological polar surface area (TPSA) is 32.3 Å². The zero-order valence-electron chi connectivity index (χ0n) is 9.82. The number of halogens is 7. The molecule has 0 aliphatic heterocycles. The Morgan fingerprint density at radius 1 is 1.10 bits per heavy atom. The summed E-state index contributed by atoms with van der Waals surface area (Å²) >= 11 is 5.27. The van der Waals surface area contributed by atoms with Crippen molar-refractivity contribution < 1.29 is 31.4 Å². The minimum Gasteiger partial charge on any atom is -0.390 e. The van der Waals surface area contributed by atoms with Gasteiger partial charge in [-0.3, -0.25) is 0 Å². The van der Waals surface area contributed by atoms with Gasteiger partial charge in [0.1, 0.15) is 0 Å². The van der Waals surface area contributed by atoms with Gasteiger partial charge in [-0.2, -0.15) is 26.3 Å². The van der Waals surface area contributed by atoms with Gasteiger partial charge in [-0.1, -0.05) is 0 Å². The predicted octanol–water partition coefficient (Wildman–Crippen LogP) is 3.74.